The third kappa shape index (κ3) is 5.30. The monoisotopic (exact) mass is 436 g/mol. The highest BCUT2D eigenvalue weighted by molar-refractivity contribution is 7.99. The molecular weight excluding hydrogens is 408 g/mol. The van der Waals surface area contributed by atoms with Crippen molar-refractivity contribution >= 4 is 40.7 Å². The minimum Gasteiger partial charge on any atom is -0.468 e. The molecule has 31 heavy (non-hydrogen) atoms. The lowest BCUT2D eigenvalue weighted by atomic mass is 10.0. The van der Waals surface area contributed by atoms with E-state index in [4.69, 9.17) is 9.72 Å². The van der Waals surface area contributed by atoms with Crippen LogP contribution < -0.4 is 9.46 Å². The number of allylic oxidation sites excluding steroid dienone is 3. The molecule has 0 saturated carbocycles. The van der Waals surface area contributed by atoms with Crippen molar-refractivity contribution in [3.63, 3.8) is 0 Å². The number of carbonyl (C=O) groups excluding carboxylic acids is 1. The third-order valence-electron chi connectivity index (χ3n) is 4.68. The van der Waals surface area contributed by atoms with Crippen LogP contribution in [0.2, 0.25) is 0 Å². The summed E-state index contributed by atoms with van der Waals surface area (Å²) in [5, 5.41) is 0. The zero-order chi connectivity index (χ0) is 22.4. The Morgan fingerprint density at radius 2 is 2.00 bits per heavy atom. The smallest absolute Gasteiger partial charge is 0.297 e. The van der Waals surface area contributed by atoms with Crippen LogP contribution in [0, 0.1) is 0 Å². The van der Waals surface area contributed by atoms with E-state index >= 15 is 0 Å². The fraction of sp³-hybridized carbons (Fsp3) is 0.250. The molecule has 2 aromatic carbocycles. The average molecular weight is 437 g/mol. The van der Waals surface area contributed by atoms with Gasteiger partial charge >= 0.3 is 0 Å². The maximum absolute atomic E-state index is 11.3. The molecular formula is C24H28N4O2S. The molecule has 0 radical (unpaired) electrons. The number of nitrogens with one attached hydrogen (secondary N) is 1. The minimum absolute atomic E-state index is 0.554. The van der Waals surface area contributed by atoms with Gasteiger partial charge in [0.2, 0.25) is 6.41 Å². The van der Waals surface area contributed by atoms with Crippen molar-refractivity contribution in [2.45, 2.75) is 20.4 Å². The van der Waals surface area contributed by atoms with Crippen LogP contribution in [0.15, 0.2) is 60.3 Å². The molecule has 1 amide bonds. The van der Waals surface area contributed by atoms with Crippen molar-refractivity contribution in [2.24, 2.45) is 0 Å². The van der Waals surface area contributed by atoms with Gasteiger partial charge in [-0.2, -0.15) is 4.98 Å². The summed E-state index contributed by atoms with van der Waals surface area (Å²) in [7, 11) is 3.37. The summed E-state index contributed by atoms with van der Waals surface area (Å²) in [6.07, 6.45) is 6.67. The van der Waals surface area contributed by atoms with Gasteiger partial charge in [0, 0.05) is 19.5 Å². The zero-order valence-electron chi connectivity index (χ0n) is 18.5. The SMILES string of the molecule is COc1nc2c(NSC)cc(/C(C=C(C)C)=C/N(C)C=O)cc2n1Cc1ccccc1. The Morgan fingerprint density at radius 3 is 2.61 bits per heavy atom. The molecule has 162 valence electrons. The lowest BCUT2D eigenvalue weighted by Gasteiger charge is -2.13. The van der Waals surface area contributed by atoms with E-state index in [0.717, 1.165) is 45.4 Å². The normalized spacial score (nSPS) is 11.3. The van der Waals surface area contributed by atoms with Gasteiger partial charge in [0.05, 0.1) is 24.9 Å². The van der Waals surface area contributed by atoms with Crippen LogP contribution in [0.4, 0.5) is 5.69 Å². The number of anilines is 1. The van der Waals surface area contributed by atoms with Crippen LogP contribution >= 0.6 is 11.9 Å². The van der Waals surface area contributed by atoms with Gasteiger partial charge in [0.1, 0.15) is 5.52 Å². The van der Waals surface area contributed by atoms with Gasteiger partial charge in [0.15, 0.2) is 0 Å². The number of benzene rings is 2. The summed E-state index contributed by atoms with van der Waals surface area (Å²) in [4.78, 5) is 17.5. The fourth-order valence-electron chi connectivity index (χ4n) is 3.39. The van der Waals surface area contributed by atoms with Crippen LogP contribution in [-0.4, -0.2) is 41.3 Å². The van der Waals surface area contributed by atoms with E-state index in [9.17, 15) is 4.79 Å². The quantitative estimate of drug-likeness (QED) is 0.285. The largest absolute Gasteiger partial charge is 0.468 e. The second kappa shape index (κ2) is 10.2. The summed E-state index contributed by atoms with van der Waals surface area (Å²) in [6.45, 7) is 4.71. The van der Waals surface area contributed by atoms with Gasteiger partial charge < -0.3 is 14.4 Å². The van der Waals surface area contributed by atoms with E-state index < -0.39 is 0 Å². The summed E-state index contributed by atoms with van der Waals surface area (Å²) in [5.41, 5.74) is 6.91. The molecule has 0 fully saturated rings. The maximum Gasteiger partial charge on any atom is 0.297 e. The molecule has 0 saturated heterocycles. The molecule has 0 aliphatic heterocycles. The summed E-state index contributed by atoms with van der Waals surface area (Å²) in [6, 6.07) is 14.9. The predicted octanol–water partition coefficient (Wildman–Crippen LogP) is 5.18. The molecule has 0 atom stereocenters. The first-order valence-corrected chi connectivity index (χ1v) is 11.1. The second-order valence-electron chi connectivity index (χ2n) is 7.44. The second-order valence-corrected chi connectivity index (χ2v) is 8.06. The van der Waals surface area contributed by atoms with Gasteiger partial charge in [0.25, 0.3) is 6.01 Å². The Kier molecular flexibility index (Phi) is 7.41. The van der Waals surface area contributed by atoms with E-state index in [1.807, 2.05) is 44.5 Å². The summed E-state index contributed by atoms with van der Waals surface area (Å²) in [5.74, 6) is 0. The number of imidazole rings is 1. The lowest BCUT2D eigenvalue weighted by molar-refractivity contribution is -0.114. The highest BCUT2D eigenvalue weighted by Crippen LogP contribution is 2.34. The van der Waals surface area contributed by atoms with Crippen LogP contribution in [0.5, 0.6) is 6.01 Å². The Bertz CT molecular complexity index is 1120. The predicted molar refractivity (Wildman–Crippen MR) is 130 cm³/mol. The Hall–Kier alpha value is -3.19. The van der Waals surface area contributed by atoms with Crippen molar-refractivity contribution in [3.05, 3.63) is 71.4 Å². The molecule has 3 rings (SSSR count). The molecule has 0 aliphatic rings. The Balaban J connectivity index is 2.26. The van der Waals surface area contributed by atoms with E-state index in [2.05, 4.69) is 39.6 Å². The molecule has 7 heteroatoms. The van der Waals surface area contributed by atoms with Crippen molar-refractivity contribution in [1.29, 1.82) is 0 Å². The molecule has 0 spiro atoms. The molecule has 1 heterocycles. The van der Waals surface area contributed by atoms with Crippen molar-refractivity contribution in [2.75, 3.05) is 25.1 Å². The molecule has 1 N–H and O–H groups in total. The number of ether oxygens (including phenoxy) is 1. The first-order valence-electron chi connectivity index (χ1n) is 9.92. The number of carbonyl (C=O) groups is 1. The van der Waals surface area contributed by atoms with Crippen LogP contribution in [0.1, 0.15) is 25.0 Å². The molecule has 6 nitrogen and oxygen atoms in total. The van der Waals surface area contributed by atoms with E-state index in [0.29, 0.717) is 12.6 Å². The maximum atomic E-state index is 11.3. The molecule has 1 aromatic heterocycles. The topological polar surface area (TPSA) is 59.4 Å². The Morgan fingerprint density at radius 1 is 1.26 bits per heavy atom. The minimum atomic E-state index is 0.554. The number of methoxy groups -OCH3 is 1. The first kappa shape index (κ1) is 22.5. The van der Waals surface area contributed by atoms with Crippen LogP contribution in [-0.2, 0) is 11.3 Å². The lowest BCUT2D eigenvalue weighted by Crippen LogP contribution is -2.07. The molecule has 0 unspecified atom stereocenters. The molecule has 0 bridgehead atoms. The highest BCUT2D eigenvalue weighted by atomic mass is 32.2. The van der Waals surface area contributed by atoms with Gasteiger partial charge in [-0.1, -0.05) is 53.9 Å². The van der Waals surface area contributed by atoms with Crippen molar-refractivity contribution in [1.82, 2.24) is 14.5 Å². The van der Waals surface area contributed by atoms with E-state index in [1.54, 1.807) is 14.2 Å². The number of fused-ring (bicyclic) bond motifs is 1. The summed E-state index contributed by atoms with van der Waals surface area (Å²) < 4.78 is 11.0. The number of hydrogen-bond acceptors (Lipinski definition) is 5. The van der Waals surface area contributed by atoms with Gasteiger partial charge in [-0.3, -0.25) is 9.36 Å². The summed E-state index contributed by atoms with van der Waals surface area (Å²) >= 11 is 1.51. The standard InChI is InChI=1S/C24H28N4O2S/c1-17(2)11-20(15-27(3)16-29)19-12-21(26-31-5)23-22(13-19)28(24(25-23)30-4)14-18-9-7-6-8-10-18/h6-13,15-16,26H,14H2,1-5H3/b20-15+. The number of hydrogen-bond donors (Lipinski definition) is 1. The van der Waals surface area contributed by atoms with Crippen LogP contribution in [0.3, 0.4) is 0 Å². The Labute approximate surface area is 187 Å². The van der Waals surface area contributed by atoms with E-state index in [1.165, 1.54) is 16.8 Å². The molecule has 3 aromatic rings. The van der Waals surface area contributed by atoms with E-state index in [-0.39, 0.29) is 0 Å². The van der Waals surface area contributed by atoms with Gasteiger partial charge in [-0.15, -0.1) is 0 Å². The van der Waals surface area contributed by atoms with Gasteiger partial charge in [-0.05, 0) is 42.7 Å². The van der Waals surface area contributed by atoms with Crippen molar-refractivity contribution in [3.8, 4) is 6.01 Å². The fourth-order valence-corrected chi connectivity index (χ4v) is 3.76. The van der Waals surface area contributed by atoms with Crippen LogP contribution in [0.25, 0.3) is 16.6 Å². The highest BCUT2D eigenvalue weighted by Gasteiger charge is 2.17. The average Bonchev–Trinajstić information content (AvgIpc) is 3.11. The van der Waals surface area contributed by atoms with Crippen molar-refractivity contribution < 1.29 is 9.53 Å². The number of nitrogens with zero attached hydrogens (tertiary/aromatic N) is 3. The first-order chi connectivity index (χ1) is 15.0. The van der Waals surface area contributed by atoms with Gasteiger partial charge in [-0.25, -0.2) is 0 Å². The number of amides is 1. The number of rotatable bonds is 9. The molecule has 0 aliphatic carbocycles. The number of aromatic nitrogens is 2. The zero-order valence-corrected chi connectivity index (χ0v) is 19.4. The third-order valence-corrected chi connectivity index (χ3v) is 5.11.